The van der Waals surface area contributed by atoms with Crippen molar-refractivity contribution < 1.29 is 9.90 Å². The number of carbonyl (C=O) groups is 1. The third-order valence-electron chi connectivity index (χ3n) is 3.19. The molecule has 0 saturated carbocycles. The highest BCUT2D eigenvalue weighted by Crippen LogP contribution is 2.20. The van der Waals surface area contributed by atoms with E-state index in [0.29, 0.717) is 11.6 Å². The van der Waals surface area contributed by atoms with Crippen molar-refractivity contribution in [1.29, 1.82) is 0 Å². The van der Waals surface area contributed by atoms with Crippen molar-refractivity contribution in [2.24, 2.45) is 5.92 Å². The average Bonchev–Trinajstić information content (AvgIpc) is 3.03. The van der Waals surface area contributed by atoms with Crippen molar-refractivity contribution in [3.05, 3.63) is 42.6 Å². The Morgan fingerprint density at radius 3 is 2.76 bits per heavy atom. The molecule has 3 heterocycles. The highest BCUT2D eigenvalue weighted by molar-refractivity contribution is 5.86. The van der Waals surface area contributed by atoms with E-state index in [1.807, 2.05) is 35.4 Å². The quantitative estimate of drug-likeness (QED) is 0.799. The van der Waals surface area contributed by atoms with E-state index in [9.17, 15) is 4.79 Å². The summed E-state index contributed by atoms with van der Waals surface area (Å²) in [5, 5.41) is 13.3. The van der Waals surface area contributed by atoms with Gasteiger partial charge in [-0.25, -0.2) is 9.78 Å². The van der Waals surface area contributed by atoms with Crippen LogP contribution in [0.2, 0.25) is 0 Å². The topological polar surface area (TPSA) is 72.4 Å². The lowest BCUT2D eigenvalue weighted by molar-refractivity contribution is 0.0691. The molecule has 0 aromatic carbocycles. The Kier molecular flexibility index (Phi) is 3.21. The summed E-state index contributed by atoms with van der Waals surface area (Å²) in [5.74, 6) is -0.489. The molecule has 3 rings (SSSR count). The van der Waals surface area contributed by atoms with Crippen LogP contribution in [-0.2, 0) is 6.54 Å². The number of imidazole rings is 1. The van der Waals surface area contributed by atoms with E-state index >= 15 is 0 Å². The van der Waals surface area contributed by atoms with Crippen LogP contribution in [0, 0.1) is 5.92 Å². The summed E-state index contributed by atoms with van der Waals surface area (Å²) >= 11 is 0. The van der Waals surface area contributed by atoms with E-state index < -0.39 is 5.97 Å². The standard InChI is InChI=1S/C15H16N4O2/c1-10(2)6-19-8-12(5-16-19)11-3-4-14-17-13(15(20)21)9-18(14)7-11/h3-5,7-10H,6H2,1-2H3,(H,20,21). The molecule has 0 amide bonds. The van der Waals surface area contributed by atoms with Crippen molar-refractivity contribution in [3.8, 4) is 11.1 Å². The summed E-state index contributed by atoms with van der Waals surface area (Å²) in [6.07, 6.45) is 7.19. The van der Waals surface area contributed by atoms with Gasteiger partial charge in [0.25, 0.3) is 0 Å². The predicted molar refractivity (Wildman–Crippen MR) is 78.2 cm³/mol. The Labute approximate surface area is 121 Å². The van der Waals surface area contributed by atoms with Crippen molar-refractivity contribution in [1.82, 2.24) is 19.2 Å². The second kappa shape index (κ2) is 5.05. The third kappa shape index (κ3) is 2.65. The Morgan fingerprint density at radius 2 is 2.05 bits per heavy atom. The molecule has 6 nitrogen and oxygen atoms in total. The van der Waals surface area contributed by atoms with Gasteiger partial charge in [0.15, 0.2) is 5.69 Å². The molecule has 0 bridgehead atoms. The Balaban J connectivity index is 1.96. The number of aromatic carboxylic acids is 1. The van der Waals surface area contributed by atoms with E-state index in [4.69, 9.17) is 5.11 Å². The fourth-order valence-electron chi connectivity index (χ4n) is 2.25. The van der Waals surface area contributed by atoms with Gasteiger partial charge in [-0.15, -0.1) is 0 Å². The second-order valence-electron chi connectivity index (χ2n) is 5.46. The Hall–Kier alpha value is -2.63. The third-order valence-corrected chi connectivity index (χ3v) is 3.19. The summed E-state index contributed by atoms with van der Waals surface area (Å²) in [7, 11) is 0. The minimum atomic E-state index is -1.02. The maximum Gasteiger partial charge on any atom is 0.356 e. The van der Waals surface area contributed by atoms with E-state index in [2.05, 4.69) is 23.9 Å². The van der Waals surface area contributed by atoms with E-state index in [-0.39, 0.29) is 5.69 Å². The molecule has 0 aliphatic rings. The first-order chi connectivity index (χ1) is 10.0. The van der Waals surface area contributed by atoms with Crippen LogP contribution in [0.4, 0.5) is 0 Å². The van der Waals surface area contributed by atoms with Gasteiger partial charge in [-0.3, -0.25) is 4.68 Å². The van der Waals surface area contributed by atoms with Gasteiger partial charge in [0.1, 0.15) is 5.65 Å². The fraction of sp³-hybridized carbons (Fsp3) is 0.267. The molecule has 6 heteroatoms. The van der Waals surface area contributed by atoms with Crippen LogP contribution < -0.4 is 0 Å². The number of hydrogen-bond donors (Lipinski definition) is 1. The second-order valence-corrected chi connectivity index (χ2v) is 5.46. The van der Waals surface area contributed by atoms with Crippen LogP contribution in [0.25, 0.3) is 16.8 Å². The summed E-state index contributed by atoms with van der Waals surface area (Å²) < 4.78 is 3.64. The van der Waals surface area contributed by atoms with Crippen LogP contribution in [0.15, 0.2) is 36.9 Å². The summed E-state index contributed by atoms with van der Waals surface area (Å²) in [6.45, 7) is 5.16. The first-order valence-electron chi connectivity index (χ1n) is 6.78. The van der Waals surface area contributed by atoms with Crippen molar-refractivity contribution >= 4 is 11.6 Å². The van der Waals surface area contributed by atoms with Gasteiger partial charge in [0.2, 0.25) is 0 Å². The predicted octanol–water partition coefficient (Wildman–Crippen LogP) is 2.55. The summed E-state index contributed by atoms with van der Waals surface area (Å²) in [4.78, 5) is 15.0. The number of nitrogens with zero attached hydrogens (tertiary/aromatic N) is 4. The van der Waals surface area contributed by atoms with Crippen LogP contribution in [0.3, 0.4) is 0 Å². The average molecular weight is 284 g/mol. The smallest absolute Gasteiger partial charge is 0.356 e. The lowest BCUT2D eigenvalue weighted by Crippen LogP contribution is -2.03. The SMILES string of the molecule is CC(C)Cn1cc(-c2ccc3nc(C(=O)O)cn3c2)cn1. The van der Waals surface area contributed by atoms with Crippen LogP contribution in [-0.4, -0.2) is 30.2 Å². The maximum atomic E-state index is 10.9. The molecule has 0 aliphatic heterocycles. The van der Waals surface area contributed by atoms with E-state index in [1.54, 1.807) is 4.40 Å². The maximum absolute atomic E-state index is 10.9. The molecule has 0 unspecified atom stereocenters. The van der Waals surface area contributed by atoms with Crippen LogP contribution in [0.5, 0.6) is 0 Å². The largest absolute Gasteiger partial charge is 0.476 e. The number of carboxylic acid groups (broad SMARTS) is 1. The van der Waals surface area contributed by atoms with Gasteiger partial charge < -0.3 is 9.51 Å². The van der Waals surface area contributed by atoms with Gasteiger partial charge in [-0.2, -0.15) is 5.10 Å². The highest BCUT2D eigenvalue weighted by atomic mass is 16.4. The first-order valence-corrected chi connectivity index (χ1v) is 6.78. The van der Waals surface area contributed by atoms with Gasteiger partial charge in [-0.1, -0.05) is 13.8 Å². The number of rotatable bonds is 4. The Bertz CT molecular complexity index is 801. The molecule has 0 fully saturated rings. The fourth-order valence-corrected chi connectivity index (χ4v) is 2.25. The van der Waals surface area contributed by atoms with Crippen LogP contribution >= 0.6 is 0 Å². The first kappa shape index (κ1) is 13.4. The van der Waals surface area contributed by atoms with E-state index in [1.165, 1.54) is 6.20 Å². The lowest BCUT2D eigenvalue weighted by Gasteiger charge is -2.03. The minimum Gasteiger partial charge on any atom is -0.476 e. The lowest BCUT2D eigenvalue weighted by atomic mass is 10.1. The van der Waals surface area contributed by atoms with Crippen molar-refractivity contribution in [3.63, 3.8) is 0 Å². The van der Waals surface area contributed by atoms with Gasteiger partial charge in [0.05, 0.1) is 6.20 Å². The molecule has 0 radical (unpaired) electrons. The molecule has 3 aromatic heterocycles. The normalized spacial score (nSPS) is 11.4. The summed E-state index contributed by atoms with van der Waals surface area (Å²) in [6, 6.07) is 3.73. The molecule has 3 aromatic rings. The van der Waals surface area contributed by atoms with E-state index in [0.717, 1.165) is 17.7 Å². The number of fused-ring (bicyclic) bond motifs is 1. The molecule has 0 atom stereocenters. The minimum absolute atomic E-state index is 0.0441. The van der Waals surface area contributed by atoms with Gasteiger partial charge >= 0.3 is 5.97 Å². The number of aromatic nitrogens is 4. The molecule has 0 spiro atoms. The zero-order chi connectivity index (χ0) is 15.0. The number of hydrogen-bond acceptors (Lipinski definition) is 3. The number of carboxylic acids is 1. The van der Waals surface area contributed by atoms with Gasteiger partial charge in [0, 0.05) is 36.3 Å². The van der Waals surface area contributed by atoms with Crippen molar-refractivity contribution in [2.75, 3.05) is 0 Å². The molecule has 0 saturated heterocycles. The van der Waals surface area contributed by atoms with Gasteiger partial charge in [-0.05, 0) is 18.1 Å². The molecular weight excluding hydrogens is 268 g/mol. The molecule has 1 N–H and O–H groups in total. The molecule has 21 heavy (non-hydrogen) atoms. The Morgan fingerprint density at radius 1 is 1.24 bits per heavy atom. The molecular formula is C15H16N4O2. The van der Waals surface area contributed by atoms with Crippen LogP contribution in [0.1, 0.15) is 24.3 Å². The number of pyridine rings is 1. The monoisotopic (exact) mass is 284 g/mol. The molecule has 0 aliphatic carbocycles. The highest BCUT2D eigenvalue weighted by Gasteiger charge is 2.10. The zero-order valence-electron chi connectivity index (χ0n) is 11.9. The summed E-state index contributed by atoms with van der Waals surface area (Å²) in [5.41, 5.74) is 2.64. The molecule has 108 valence electrons. The zero-order valence-corrected chi connectivity index (χ0v) is 11.9. The van der Waals surface area contributed by atoms with Crippen molar-refractivity contribution in [2.45, 2.75) is 20.4 Å².